The van der Waals surface area contributed by atoms with E-state index in [0.29, 0.717) is 11.6 Å². The van der Waals surface area contributed by atoms with E-state index in [2.05, 4.69) is 10.0 Å². The summed E-state index contributed by atoms with van der Waals surface area (Å²) >= 11 is 5.82. The van der Waals surface area contributed by atoms with Gasteiger partial charge >= 0.3 is 0 Å². The Morgan fingerprint density at radius 1 is 1.30 bits per heavy atom. The van der Waals surface area contributed by atoms with Gasteiger partial charge in [-0.3, -0.25) is 0 Å². The molecule has 2 N–H and O–H groups in total. The Kier molecular flexibility index (Phi) is 6.91. The molecule has 20 heavy (non-hydrogen) atoms. The Hall–Kier alpha value is -0.660. The van der Waals surface area contributed by atoms with Crippen LogP contribution >= 0.6 is 11.6 Å². The first kappa shape index (κ1) is 17.4. The van der Waals surface area contributed by atoms with E-state index in [4.69, 9.17) is 11.6 Å². The van der Waals surface area contributed by atoms with Crippen molar-refractivity contribution in [2.45, 2.75) is 19.4 Å². The van der Waals surface area contributed by atoms with Gasteiger partial charge in [0.25, 0.3) is 10.2 Å². The summed E-state index contributed by atoms with van der Waals surface area (Å²) in [5, 5.41) is 3.62. The van der Waals surface area contributed by atoms with Gasteiger partial charge in [0, 0.05) is 24.7 Å². The largest absolute Gasteiger partial charge is 0.320 e. The molecular formula is C13H22ClN3O2S. The number of benzene rings is 1. The monoisotopic (exact) mass is 319 g/mol. The molecule has 0 aliphatic rings. The average molecular weight is 320 g/mol. The molecule has 1 aromatic rings. The zero-order valence-electron chi connectivity index (χ0n) is 12.1. The van der Waals surface area contributed by atoms with Crippen LogP contribution in [0.15, 0.2) is 24.3 Å². The van der Waals surface area contributed by atoms with Gasteiger partial charge in [-0.1, -0.05) is 23.7 Å². The van der Waals surface area contributed by atoms with Crippen LogP contribution in [-0.4, -0.2) is 39.9 Å². The fraction of sp³-hybridized carbons (Fsp3) is 0.538. The molecule has 0 amide bonds. The van der Waals surface area contributed by atoms with E-state index in [9.17, 15) is 8.42 Å². The molecule has 0 saturated carbocycles. The highest BCUT2D eigenvalue weighted by Crippen LogP contribution is 2.17. The summed E-state index contributed by atoms with van der Waals surface area (Å²) in [7, 11) is -0.0571. The number of halogens is 1. The number of hydrogen-bond donors (Lipinski definition) is 2. The topological polar surface area (TPSA) is 61.4 Å². The second-order valence-electron chi connectivity index (χ2n) is 4.67. The van der Waals surface area contributed by atoms with Gasteiger partial charge in [0.15, 0.2) is 0 Å². The zero-order chi connectivity index (χ0) is 15.2. The van der Waals surface area contributed by atoms with Crippen LogP contribution in [0.25, 0.3) is 0 Å². The fourth-order valence-corrected chi connectivity index (χ4v) is 2.99. The normalized spacial score (nSPS) is 13.7. The Morgan fingerprint density at radius 2 is 1.90 bits per heavy atom. The molecule has 0 radical (unpaired) electrons. The van der Waals surface area contributed by atoms with Gasteiger partial charge in [0.1, 0.15) is 0 Å². The van der Waals surface area contributed by atoms with Crippen LogP contribution in [0.5, 0.6) is 0 Å². The molecule has 7 heteroatoms. The summed E-state index contributed by atoms with van der Waals surface area (Å²) < 4.78 is 28.3. The van der Waals surface area contributed by atoms with Gasteiger partial charge in [-0.05, 0) is 44.6 Å². The van der Waals surface area contributed by atoms with Crippen molar-refractivity contribution in [3.63, 3.8) is 0 Å². The van der Waals surface area contributed by atoms with E-state index >= 15 is 0 Å². The second-order valence-corrected chi connectivity index (χ2v) is 6.92. The minimum Gasteiger partial charge on any atom is -0.320 e. The molecule has 1 rings (SSSR count). The summed E-state index contributed by atoms with van der Waals surface area (Å²) in [5.74, 6) is 0. The highest BCUT2D eigenvalue weighted by atomic mass is 35.5. The quantitative estimate of drug-likeness (QED) is 0.718. The van der Waals surface area contributed by atoms with Crippen molar-refractivity contribution in [3.05, 3.63) is 34.9 Å². The van der Waals surface area contributed by atoms with E-state index in [1.54, 1.807) is 19.2 Å². The van der Waals surface area contributed by atoms with Crippen LogP contribution in [0.4, 0.5) is 0 Å². The van der Waals surface area contributed by atoms with Crippen LogP contribution in [0.2, 0.25) is 5.02 Å². The van der Waals surface area contributed by atoms with Crippen LogP contribution < -0.4 is 10.0 Å². The number of nitrogens with one attached hydrogen (secondary N) is 2. The lowest BCUT2D eigenvalue weighted by atomic mass is 10.1. The Balaban J connectivity index is 2.63. The molecular weight excluding hydrogens is 298 g/mol. The standard InChI is InChI=1S/C13H22ClN3O2S/c1-11(12-5-7-13(14)8-6-12)16-20(18,19)17(3)10-4-9-15-2/h5-8,11,15-16H,4,9-10H2,1-3H3. The Bertz CT molecular complexity index is 505. The molecule has 114 valence electrons. The van der Waals surface area contributed by atoms with E-state index in [1.807, 2.05) is 26.1 Å². The summed E-state index contributed by atoms with van der Waals surface area (Å²) in [6.07, 6.45) is 0.767. The van der Waals surface area contributed by atoms with Crippen molar-refractivity contribution in [1.29, 1.82) is 0 Å². The molecule has 0 saturated heterocycles. The summed E-state index contributed by atoms with van der Waals surface area (Å²) in [6, 6.07) is 6.83. The highest BCUT2D eigenvalue weighted by Gasteiger charge is 2.20. The van der Waals surface area contributed by atoms with Crippen LogP contribution in [0.3, 0.4) is 0 Å². The molecule has 0 fully saturated rings. The number of hydrogen-bond acceptors (Lipinski definition) is 3. The van der Waals surface area contributed by atoms with Gasteiger partial charge in [-0.15, -0.1) is 0 Å². The van der Waals surface area contributed by atoms with Crippen molar-refractivity contribution < 1.29 is 8.42 Å². The first-order valence-corrected chi connectivity index (χ1v) is 8.32. The first-order valence-electron chi connectivity index (χ1n) is 6.50. The molecule has 0 spiro atoms. The molecule has 1 aromatic carbocycles. The van der Waals surface area contributed by atoms with E-state index in [-0.39, 0.29) is 6.04 Å². The van der Waals surface area contributed by atoms with Crippen LogP contribution in [0.1, 0.15) is 24.9 Å². The maximum atomic E-state index is 12.1. The average Bonchev–Trinajstić information content (AvgIpc) is 2.39. The van der Waals surface area contributed by atoms with Gasteiger partial charge in [-0.2, -0.15) is 17.4 Å². The molecule has 0 aliphatic heterocycles. The van der Waals surface area contributed by atoms with Gasteiger partial charge in [-0.25, -0.2) is 0 Å². The van der Waals surface area contributed by atoms with Crippen molar-refractivity contribution in [2.75, 3.05) is 27.2 Å². The maximum absolute atomic E-state index is 12.1. The lowest BCUT2D eigenvalue weighted by molar-refractivity contribution is 0.441. The lowest BCUT2D eigenvalue weighted by Gasteiger charge is -2.21. The van der Waals surface area contributed by atoms with E-state index in [1.165, 1.54) is 4.31 Å². The van der Waals surface area contributed by atoms with Crippen molar-refractivity contribution in [1.82, 2.24) is 14.3 Å². The molecule has 5 nitrogen and oxygen atoms in total. The summed E-state index contributed by atoms with van der Waals surface area (Å²) in [5.41, 5.74) is 0.876. The molecule has 1 atom stereocenters. The summed E-state index contributed by atoms with van der Waals surface area (Å²) in [4.78, 5) is 0. The maximum Gasteiger partial charge on any atom is 0.279 e. The number of nitrogens with zero attached hydrogens (tertiary/aromatic N) is 1. The third kappa shape index (κ3) is 5.38. The summed E-state index contributed by atoms with van der Waals surface area (Å²) in [6.45, 7) is 3.07. The Morgan fingerprint density at radius 3 is 2.45 bits per heavy atom. The first-order chi connectivity index (χ1) is 9.36. The minimum absolute atomic E-state index is 0.302. The van der Waals surface area contributed by atoms with Gasteiger partial charge in [0.2, 0.25) is 0 Å². The predicted octanol–water partition coefficient (Wildman–Crippen LogP) is 1.78. The van der Waals surface area contributed by atoms with E-state index in [0.717, 1.165) is 18.5 Å². The Labute approximate surface area is 126 Å². The van der Waals surface area contributed by atoms with Crippen molar-refractivity contribution in [3.8, 4) is 0 Å². The SMILES string of the molecule is CNCCCN(C)S(=O)(=O)NC(C)c1ccc(Cl)cc1. The predicted molar refractivity (Wildman–Crippen MR) is 83.1 cm³/mol. The second kappa shape index (κ2) is 7.95. The lowest BCUT2D eigenvalue weighted by Crippen LogP contribution is -2.40. The highest BCUT2D eigenvalue weighted by molar-refractivity contribution is 7.87. The third-order valence-electron chi connectivity index (χ3n) is 3.01. The van der Waals surface area contributed by atoms with Gasteiger partial charge in [0.05, 0.1) is 0 Å². The molecule has 0 bridgehead atoms. The van der Waals surface area contributed by atoms with Crippen molar-refractivity contribution >= 4 is 21.8 Å². The smallest absolute Gasteiger partial charge is 0.279 e. The van der Waals surface area contributed by atoms with Crippen LogP contribution in [0, 0.1) is 0 Å². The minimum atomic E-state index is -3.48. The number of rotatable bonds is 8. The molecule has 0 aromatic heterocycles. The molecule has 1 unspecified atom stereocenters. The van der Waals surface area contributed by atoms with E-state index < -0.39 is 10.2 Å². The third-order valence-corrected chi connectivity index (χ3v) is 4.91. The molecule has 0 aliphatic carbocycles. The molecule has 0 heterocycles. The van der Waals surface area contributed by atoms with Crippen LogP contribution in [-0.2, 0) is 10.2 Å². The fourth-order valence-electron chi connectivity index (χ4n) is 1.73. The zero-order valence-corrected chi connectivity index (χ0v) is 13.6. The van der Waals surface area contributed by atoms with Crippen molar-refractivity contribution in [2.24, 2.45) is 0 Å². The van der Waals surface area contributed by atoms with Gasteiger partial charge < -0.3 is 5.32 Å².